The zero-order chi connectivity index (χ0) is 20.6. The van der Waals surface area contributed by atoms with E-state index in [0.717, 1.165) is 18.2 Å². The number of morpholine rings is 1. The molecule has 152 valence electrons. The van der Waals surface area contributed by atoms with Gasteiger partial charge in [-0.2, -0.15) is 5.10 Å². The van der Waals surface area contributed by atoms with Crippen LogP contribution in [0.1, 0.15) is 5.56 Å². The van der Waals surface area contributed by atoms with Gasteiger partial charge in [-0.15, -0.1) is 0 Å². The number of carbonyl (C=O) groups excluding carboxylic acids is 1. The molecule has 4 rings (SSSR count). The molecule has 0 unspecified atom stereocenters. The van der Waals surface area contributed by atoms with Gasteiger partial charge >= 0.3 is 0 Å². The van der Waals surface area contributed by atoms with Crippen LogP contribution in [0.5, 0.6) is 0 Å². The molecule has 0 spiro atoms. The fourth-order valence-corrected chi connectivity index (χ4v) is 4.75. The summed E-state index contributed by atoms with van der Waals surface area (Å²) in [6.45, 7) is 1.01. The second-order valence-corrected chi connectivity index (χ2v) is 8.45. The fraction of sp³-hybridized carbons (Fsp3) is 0.263. The first-order valence-corrected chi connectivity index (χ1v) is 10.4. The van der Waals surface area contributed by atoms with Crippen molar-refractivity contribution < 1.29 is 26.7 Å². The van der Waals surface area contributed by atoms with Crippen LogP contribution in [-0.2, 0) is 25.9 Å². The third-order valence-corrected chi connectivity index (χ3v) is 6.32. The van der Waals surface area contributed by atoms with Gasteiger partial charge in [0.1, 0.15) is 11.6 Å². The summed E-state index contributed by atoms with van der Waals surface area (Å²) in [7, 11) is -4.14. The lowest BCUT2D eigenvalue weighted by Gasteiger charge is -2.31. The maximum Gasteiger partial charge on any atom is 0.286 e. The summed E-state index contributed by atoms with van der Waals surface area (Å²) in [5.74, 6) is -2.24. The zero-order valence-electron chi connectivity index (χ0n) is 15.2. The lowest BCUT2D eigenvalue weighted by molar-refractivity contribution is -0.127. The molecule has 0 radical (unpaired) electrons. The maximum absolute atomic E-state index is 13.6. The summed E-state index contributed by atoms with van der Waals surface area (Å²) in [6, 6.07) is 9.08. The average molecular weight is 421 g/mol. The van der Waals surface area contributed by atoms with Gasteiger partial charge in [-0.3, -0.25) is 9.80 Å². The van der Waals surface area contributed by atoms with E-state index in [0.29, 0.717) is 13.2 Å². The monoisotopic (exact) mass is 421 g/mol. The number of nitrogens with zero attached hydrogens (tertiary/aromatic N) is 3. The van der Waals surface area contributed by atoms with Crippen LogP contribution in [0, 0.1) is 11.6 Å². The van der Waals surface area contributed by atoms with Crippen molar-refractivity contribution in [2.24, 2.45) is 5.10 Å². The predicted octanol–water partition coefficient (Wildman–Crippen LogP) is 1.93. The molecule has 29 heavy (non-hydrogen) atoms. The molecule has 2 aromatic carbocycles. The number of rotatable bonds is 3. The van der Waals surface area contributed by atoms with Crippen molar-refractivity contribution in [2.45, 2.75) is 11.4 Å². The lowest BCUT2D eigenvalue weighted by Crippen LogP contribution is -2.47. The Morgan fingerprint density at radius 2 is 1.72 bits per heavy atom. The van der Waals surface area contributed by atoms with Crippen molar-refractivity contribution in [2.75, 3.05) is 31.3 Å². The molecule has 1 saturated heterocycles. The second-order valence-electron chi connectivity index (χ2n) is 6.62. The molecule has 0 atom stereocenters. The third-order valence-electron chi connectivity index (χ3n) is 4.63. The number of hydrogen-bond donors (Lipinski definition) is 0. The van der Waals surface area contributed by atoms with Gasteiger partial charge in [0.05, 0.1) is 30.3 Å². The van der Waals surface area contributed by atoms with E-state index < -0.39 is 32.4 Å². The van der Waals surface area contributed by atoms with Gasteiger partial charge in [0.2, 0.25) is 14.9 Å². The van der Waals surface area contributed by atoms with Gasteiger partial charge < -0.3 is 9.64 Å². The number of ether oxygens (including phenoxy) is 1. The Balaban J connectivity index is 1.77. The minimum Gasteiger partial charge on any atom is -0.378 e. The number of sulfone groups is 1. The first-order chi connectivity index (χ1) is 13.9. The zero-order valence-corrected chi connectivity index (χ0v) is 16.0. The number of hydrogen-bond acceptors (Lipinski definition) is 6. The lowest BCUT2D eigenvalue weighted by atomic mass is 10.2. The molecular weight excluding hydrogens is 404 g/mol. The Kier molecular flexibility index (Phi) is 5.05. The molecule has 2 aromatic rings. The summed E-state index contributed by atoms with van der Waals surface area (Å²) in [4.78, 5) is 14.2. The van der Waals surface area contributed by atoms with Crippen molar-refractivity contribution in [3.63, 3.8) is 0 Å². The number of amides is 1. The molecule has 1 amide bonds. The fourth-order valence-electron chi connectivity index (χ4n) is 3.27. The van der Waals surface area contributed by atoms with Crippen LogP contribution in [-0.4, -0.2) is 50.6 Å². The molecule has 2 aliphatic rings. The Morgan fingerprint density at radius 3 is 2.41 bits per heavy atom. The molecule has 1 fully saturated rings. The molecule has 0 N–H and O–H groups in total. The quantitative estimate of drug-likeness (QED) is 0.757. The van der Waals surface area contributed by atoms with Crippen LogP contribution in [0.4, 0.5) is 14.5 Å². The highest BCUT2D eigenvalue weighted by Crippen LogP contribution is 2.33. The van der Waals surface area contributed by atoms with E-state index in [1.54, 1.807) is 12.1 Å². The van der Waals surface area contributed by atoms with E-state index in [4.69, 9.17) is 4.74 Å². The van der Waals surface area contributed by atoms with E-state index in [2.05, 4.69) is 5.10 Å². The maximum atomic E-state index is 13.6. The minimum absolute atomic E-state index is 0.0801. The number of para-hydroxylation sites is 1. The molecule has 0 saturated carbocycles. The largest absolute Gasteiger partial charge is 0.378 e. The second kappa shape index (κ2) is 7.53. The standard InChI is InChI=1S/C19H17F2N3O4S/c20-14-9-13(10-15(21)11-14)12-24-16-3-1-2-4-17(16)29(26,27)18(22-24)19(25)23-5-7-28-8-6-23/h1-4,9-11H,5-8,12H2. The Morgan fingerprint density at radius 1 is 1.07 bits per heavy atom. The number of hydrazone groups is 1. The highest BCUT2D eigenvalue weighted by atomic mass is 32.2. The number of anilines is 1. The highest BCUT2D eigenvalue weighted by molar-refractivity contribution is 8.08. The molecule has 10 heteroatoms. The SMILES string of the molecule is O=C(C1=NN(Cc2cc(F)cc(F)c2)c2ccccc2S1(=O)=O)N1CCOCC1. The molecule has 2 heterocycles. The first kappa shape index (κ1) is 19.5. The van der Waals surface area contributed by atoms with Gasteiger partial charge in [-0.25, -0.2) is 17.2 Å². The summed E-state index contributed by atoms with van der Waals surface area (Å²) in [5, 5.41) is 4.75. The molecule has 7 nitrogen and oxygen atoms in total. The number of halogens is 2. The molecule has 0 bridgehead atoms. The van der Waals surface area contributed by atoms with E-state index in [1.165, 1.54) is 22.0 Å². The minimum atomic E-state index is -4.14. The van der Waals surface area contributed by atoms with Gasteiger partial charge in [0, 0.05) is 19.2 Å². The van der Waals surface area contributed by atoms with Crippen molar-refractivity contribution >= 4 is 26.5 Å². The van der Waals surface area contributed by atoms with Crippen molar-refractivity contribution in [3.05, 3.63) is 59.7 Å². The average Bonchev–Trinajstić information content (AvgIpc) is 2.70. The van der Waals surface area contributed by atoms with Crippen LogP contribution in [0.25, 0.3) is 0 Å². The van der Waals surface area contributed by atoms with Gasteiger partial charge in [0.25, 0.3) is 5.91 Å². The summed E-state index contributed by atoms with van der Waals surface area (Å²) in [6.07, 6.45) is 0. The number of carbonyl (C=O) groups is 1. The molecule has 2 aliphatic heterocycles. The van der Waals surface area contributed by atoms with E-state index in [1.807, 2.05) is 0 Å². The van der Waals surface area contributed by atoms with Crippen molar-refractivity contribution in [1.82, 2.24) is 4.90 Å². The van der Waals surface area contributed by atoms with Crippen LogP contribution in [0.15, 0.2) is 52.5 Å². The van der Waals surface area contributed by atoms with E-state index in [-0.39, 0.29) is 35.8 Å². The molecule has 0 aromatic heterocycles. The van der Waals surface area contributed by atoms with Crippen molar-refractivity contribution in [3.8, 4) is 0 Å². The molecule has 0 aliphatic carbocycles. The number of fused-ring (bicyclic) bond motifs is 1. The van der Waals surface area contributed by atoms with Crippen LogP contribution >= 0.6 is 0 Å². The van der Waals surface area contributed by atoms with Gasteiger partial charge in [-0.05, 0) is 29.8 Å². The van der Waals surface area contributed by atoms with Crippen LogP contribution in [0.2, 0.25) is 0 Å². The normalized spacial score (nSPS) is 18.2. The Labute approximate surface area is 166 Å². The van der Waals surface area contributed by atoms with E-state index >= 15 is 0 Å². The van der Waals surface area contributed by atoms with E-state index in [9.17, 15) is 22.0 Å². The van der Waals surface area contributed by atoms with Crippen molar-refractivity contribution in [1.29, 1.82) is 0 Å². The predicted molar refractivity (Wildman–Crippen MR) is 101 cm³/mol. The summed E-state index contributed by atoms with van der Waals surface area (Å²) >= 11 is 0. The van der Waals surface area contributed by atoms with Crippen LogP contribution in [0.3, 0.4) is 0 Å². The van der Waals surface area contributed by atoms with Gasteiger partial charge in [-0.1, -0.05) is 12.1 Å². The Hall–Kier alpha value is -2.85. The molecular formula is C19H17F2N3O4S. The van der Waals surface area contributed by atoms with Gasteiger partial charge in [0.15, 0.2) is 0 Å². The topological polar surface area (TPSA) is 79.3 Å². The smallest absolute Gasteiger partial charge is 0.286 e. The first-order valence-electron chi connectivity index (χ1n) is 8.88. The summed E-state index contributed by atoms with van der Waals surface area (Å²) in [5.41, 5.74) is 0.481. The number of benzene rings is 2. The third kappa shape index (κ3) is 3.73. The summed E-state index contributed by atoms with van der Waals surface area (Å²) < 4.78 is 58.5. The Bertz CT molecular complexity index is 1080. The highest BCUT2D eigenvalue weighted by Gasteiger charge is 2.39. The van der Waals surface area contributed by atoms with Crippen LogP contribution < -0.4 is 5.01 Å².